The predicted octanol–water partition coefficient (Wildman–Crippen LogP) is 3.77. The van der Waals surface area contributed by atoms with Crippen molar-refractivity contribution >= 4 is 18.6 Å². The first kappa shape index (κ1) is 18.9. The molecule has 0 spiro atoms. The second kappa shape index (κ2) is 9.74. The SMILES string of the molecule is C=CC(=C\N(C)c1cccc(CC)c1)/C(=C/C=NC1CCNC1)N=C. The molecule has 1 fully saturated rings. The van der Waals surface area contributed by atoms with Gasteiger partial charge in [0.1, 0.15) is 0 Å². The lowest BCUT2D eigenvalue weighted by atomic mass is 10.1. The number of hydrogen-bond donors (Lipinski definition) is 1. The molecule has 2 rings (SSSR count). The lowest BCUT2D eigenvalue weighted by Crippen LogP contribution is -2.11. The van der Waals surface area contributed by atoms with Crippen molar-refractivity contribution in [3.63, 3.8) is 0 Å². The summed E-state index contributed by atoms with van der Waals surface area (Å²) in [7, 11) is 2.03. The van der Waals surface area contributed by atoms with Crippen LogP contribution in [0.1, 0.15) is 18.9 Å². The van der Waals surface area contributed by atoms with Crippen LogP contribution in [-0.2, 0) is 6.42 Å². The van der Waals surface area contributed by atoms with Gasteiger partial charge in [0.15, 0.2) is 0 Å². The number of aliphatic imine (C=N–C) groups is 2. The first-order valence-corrected chi connectivity index (χ1v) is 8.75. The normalized spacial score (nSPS) is 18.6. The van der Waals surface area contributed by atoms with Crippen molar-refractivity contribution < 1.29 is 0 Å². The summed E-state index contributed by atoms with van der Waals surface area (Å²) in [6.07, 6.45) is 9.65. The van der Waals surface area contributed by atoms with Crippen molar-refractivity contribution in [2.24, 2.45) is 9.98 Å². The van der Waals surface area contributed by atoms with Crippen LogP contribution in [0.25, 0.3) is 0 Å². The molecule has 4 heteroatoms. The lowest BCUT2D eigenvalue weighted by molar-refractivity contribution is 0.748. The first-order valence-electron chi connectivity index (χ1n) is 8.75. The summed E-state index contributed by atoms with van der Waals surface area (Å²) in [6, 6.07) is 8.86. The summed E-state index contributed by atoms with van der Waals surface area (Å²) < 4.78 is 0. The molecule has 0 bridgehead atoms. The molecule has 1 saturated heterocycles. The molecule has 0 aromatic heterocycles. The highest BCUT2D eigenvalue weighted by Gasteiger charge is 2.11. The summed E-state index contributed by atoms with van der Waals surface area (Å²) in [5, 5.41) is 3.31. The second-order valence-corrected chi connectivity index (χ2v) is 6.08. The van der Waals surface area contributed by atoms with Gasteiger partial charge in [0.25, 0.3) is 0 Å². The Balaban J connectivity index is 2.17. The molecule has 1 heterocycles. The third kappa shape index (κ3) is 5.54. The number of rotatable bonds is 8. The van der Waals surface area contributed by atoms with E-state index in [-0.39, 0.29) is 0 Å². The number of allylic oxidation sites excluding steroid dienone is 2. The van der Waals surface area contributed by atoms with Gasteiger partial charge in [-0.15, -0.1) is 0 Å². The number of anilines is 1. The maximum Gasteiger partial charge on any atom is 0.0724 e. The van der Waals surface area contributed by atoms with Crippen LogP contribution in [0.3, 0.4) is 0 Å². The van der Waals surface area contributed by atoms with E-state index >= 15 is 0 Å². The highest BCUT2D eigenvalue weighted by atomic mass is 15.1. The van der Waals surface area contributed by atoms with E-state index in [1.54, 1.807) is 6.08 Å². The first-order chi connectivity index (χ1) is 12.2. The fourth-order valence-corrected chi connectivity index (χ4v) is 2.74. The second-order valence-electron chi connectivity index (χ2n) is 6.08. The number of nitrogens with zero attached hydrogens (tertiary/aromatic N) is 3. The molecule has 0 aliphatic carbocycles. The van der Waals surface area contributed by atoms with Crippen LogP contribution in [0, 0.1) is 0 Å². The molecule has 132 valence electrons. The Hall–Kier alpha value is -2.46. The van der Waals surface area contributed by atoms with Gasteiger partial charge in [0.05, 0.1) is 11.7 Å². The van der Waals surface area contributed by atoms with E-state index in [2.05, 4.69) is 64.7 Å². The van der Waals surface area contributed by atoms with E-state index < -0.39 is 0 Å². The van der Waals surface area contributed by atoms with Crippen molar-refractivity contribution in [2.45, 2.75) is 25.8 Å². The topological polar surface area (TPSA) is 40.0 Å². The minimum absolute atomic E-state index is 0.359. The monoisotopic (exact) mass is 336 g/mol. The molecule has 0 saturated carbocycles. The van der Waals surface area contributed by atoms with Crippen LogP contribution < -0.4 is 10.2 Å². The Morgan fingerprint density at radius 1 is 1.44 bits per heavy atom. The summed E-state index contributed by atoms with van der Waals surface area (Å²) in [4.78, 5) is 10.8. The van der Waals surface area contributed by atoms with Gasteiger partial charge in [-0.1, -0.05) is 31.7 Å². The number of aryl methyl sites for hydroxylation is 1. The zero-order valence-corrected chi connectivity index (χ0v) is 15.3. The zero-order chi connectivity index (χ0) is 18.1. The Labute approximate surface area is 151 Å². The Morgan fingerprint density at radius 3 is 2.92 bits per heavy atom. The molecule has 1 aliphatic rings. The molecular formula is C21H28N4. The molecule has 0 radical (unpaired) electrons. The van der Waals surface area contributed by atoms with E-state index in [1.165, 1.54) is 5.56 Å². The van der Waals surface area contributed by atoms with Crippen LogP contribution >= 0.6 is 0 Å². The van der Waals surface area contributed by atoms with Crippen LogP contribution in [0.4, 0.5) is 5.69 Å². The van der Waals surface area contributed by atoms with E-state index in [0.29, 0.717) is 6.04 Å². The van der Waals surface area contributed by atoms with E-state index in [4.69, 9.17) is 0 Å². The van der Waals surface area contributed by atoms with Gasteiger partial charge >= 0.3 is 0 Å². The lowest BCUT2D eigenvalue weighted by Gasteiger charge is -2.17. The number of nitrogens with one attached hydrogen (secondary N) is 1. The van der Waals surface area contributed by atoms with Gasteiger partial charge in [-0.2, -0.15) is 0 Å². The van der Waals surface area contributed by atoms with Crippen molar-refractivity contribution in [3.05, 3.63) is 66.0 Å². The minimum atomic E-state index is 0.359. The molecule has 0 amide bonds. The summed E-state index contributed by atoms with van der Waals surface area (Å²) in [5.74, 6) is 0. The summed E-state index contributed by atoms with van der Waals surface area (Å²) in [5.41, 5.74) is 4.12. The standard InChI is InChI=1S/C21H28N4/c1-5-17-8-7-9-20(14-17)25(4)16-18(6-2)21(22-3)11-13-24-19-10-12-23-15-19/h6-9,11,13-14,16,19,23H,2-3,5,10,12,15H2,1,4H3/b18-16+,21-11-,24-13?. The molecule has 4 nitrogen and oxygen atoms in total. The van der Waals surface area contributed by atoms with Crippen molar-refractivity contribution in [1.82, 2.24) is 5.32 Å². The molecule has 1 aliphatic heterocycles. The Morgan fingerprint density at radius 2 is 2.28 bits per heavy atom. The Kier molecular flexibility index (Phi) is 7.36. The van der Waals surface area contributed by atoms with Gasteiger partial charge < -0.3 is 10.2 Å². The van der Waals surface area contributed by atoms with Crippen molar-refractivity contribution in [3.8, 4) is 0 Å². The molecule has 25 heavy (non-hydrogen) atoms. The van der Waals surface area contributed by atoms with Crippen LogP contribution in [-0.4, -0.2) is 39.1 Å². The van der Waals surface area contributed by atoms with Crippen LogP contribution in [0.2, 0.25) is 0 Å². The smallest absolute Gasteiger partial charge is 0.0724 e. The third-order valence-corrected chi connectivity index (χ3v) is 4.31. The zero-order valence-electron chi connectivity index (χ0n) is 15.3. The van der Waals surface area contributed by atoms with Crippen LogP contribution in [0.5, 0.6) is 0 Å². The van der Waals surface area contributed by atoms with E-state index in [1.807, 2.05) is 25.5 Å². The minimum Gasteiger partial charge on any atom is -0.350 e. The van der Waals surface area contributed by atoms with Crippen molar-refractivity contribution in [1.29, 1.82) is 0 Å². The largest absolute Gasteiger partial charge is 0.350 e. The van der Waals surface area contributed by atoms with Gasteiger partial charge in [-0.25, -0.2) is 0 Å². The maximum absolute atomic E-state index is 4.56. The van der Waals surface area contributed by atoms with Gasteiger partial charge in [0.2, 0.25) is 0 Å². The molecular weight excluding hydrogens is 308 g/mol. The molecule has 1 atom stereocenters. The van der Waals surface area contributed by atoms with Gasteiger partial charge in [0, 0.05) is 37.3 Å². The number of hydrogen-bond acceptors (Lipinski definition) is 4. The fourth-order valence-electron chi connectivity index (χ4n) is 2.74. The van der Waals surface area contributed by atoms with Crippen molar-refractivity contribution in [2.75, 3.05) is 25.0 Å². The van der Waals surface area contributed by atoms with E-state index in [9.17, 15) is 0 Å². The van der Waals surface area contributed by atoms with Gasteiger partial charge in [-0.05, 0) is 49.9 Å². The average Bonchev–Trinajstić information content (AvgIpc) is 3.17. The third-order valence-electron chi connectivity index (χ3n) is 4.31. The number of benzene rings is 1. The maximum atomic E-state index is 4.56. The molecule has 1 aromatic carbocycles. The highest BCUT2D eigenvalue weighted by Crippen LogP contribution is 2.19. The molecule has 1 unspecified atom stereocenters. The highest BCUT2D eigenvalue weighted by molar-refractivity contribution is 5.75. The Bertz CT molecular complexity index is 679. The predicted molar refractivity (Wildman–Crippen MR) is 110 cm³/mol. The van der Waals surface area contributed by atoms with Crippen LogP contribution in [0.15, 0.2) is 70.5 Å². The molecule has 1 N–H and O–H groups in total. The van der Waals surface area contributed by atoms with E-state index in [0.717, 1.165) is 42.9 Å². The summed E-state index contributed by atoms with van der Waals surface area (Å²) in [6.45, 7) is 11.8. The summed E-state index contributed by atoms with van der Waals surface area (Å²) >= 11 is 0. The molecule has 1 aromatic rings. The van der Waals surface area contributed by atoms with Gasteiger partial charge in [-0.3, -0.25) is 9.98 Å². The quantitative estimate of drug-likeness (QED) is 0.580. The average molecular weight is 336 g/mol. The fraction of sp³-hybridized carbons (Fsp3) is 0.333.